The number of carbonyl (C=O) groups excluding carboxylic acids is 2. The van der Waals surface area contributed by atoms with Gasteiger partial charge in [-0.05, 0) is 61.1 Å². The Kier molecular flexibility index (Phi) is 5.75. The second-order valence-electron chi connectivity index (χ2n) is 8.73. The molecule has 0 spiro atoms. The van der Waals surface area contributed by atoms with E-state index in [1.165, 1.54) is 5.56 Å². The van der Waals surface area contributed by atoms with Crippen LogP contribution >= 0.6 is 0 Å². The first kappa shape index (κ1) is 20.5. The van der Waals surface area contributed by atoms with E-state index in [4.69, 9.17) is 0 Å². The number of fused-ring (bicyclic) bond motifs is 1. The van der Waals surface area contributed by atoms with Crippen LogP contribution in [-0.4, -0.2) is 57.1 Å². The van der Waals surface area contributed by atoms with Gasteiger partial charge in [-0.15, -0.1) is 0 Å². The predicted octanol–water partition coefficient (Wildman–Crippen LogP) is 3.57. The number of hydrogen-bond donors (Lipinski definition) is 0. The van der Waals surface area contributed by atoms with E-state index in [1.807, 2.05) is 59.6 Å². The van der Waals surface area contributed by atoms with Gasteiger partial charge in [0, 0.05) is 50.1 Å². The fourth-order valence-corrected chi connectivity index (χ4v) is 5.08. The van der Waals surface area contributed by atoms with Crippen molar-refractivity contribution in [3.8, 4) is 5.69 Å². The maximum atomic E-state index is 13.2. The minimum atomic E-state index is 0.0724. The van der Waals surface area contributed by atoms with E-state index in [0.717, 1.165) is 38.0 Å². The Morgan fingerprint density at radius 1 is 1.00 bits per heavy atom. The first-order chi connectivity index (χ1) is 15.7. The van der Waals surface area contributed by atoms with Crippen molar-refractivity contribution in [3.05, 3.63) is 84.2 Å². The SMILES string of the molecule is O=C(c1ccc(-n2cccn2)cc1)N1CC[C@@H]2[C@@H](CCC(=O)N2CCc2ccccc2)C1. The number of likely N-dealkylation sites (tertiary alicyclic amines) is 2. The highest BCUT2D eigenvalue weighted by atomic mass is 16.2. The van der Waals surface area contributed by atoms with Crippen molar-refractivity contribution < 1.29 is 9.59 Å². The quantitative estimate of drug-likeness (QED) is 0.624. The average molecular weight is 429 g/mol. The highest BCUT2D eigenvalue weighted by Crippen LogP contribution is 2.32. The normalized spacial score (nSPS) is 20.8. The van der Waals surface area contributed by atoms with Gasteiger partial charge in [-0.2, -0.15) is 5.10 Å². The average Bonchev–Trinajstić information content (AvgIpc) is 3.38. The number of rotatable bonds is 5. The van der Waals surface area contributed by atoms with Crippen LogP contribution in [0.5, 0.6) is 0 Å². The third kappa shape index (κ3) is 4.17. The van der Waals surface area contributed by atoms with E-state index >= 15 is 0 Å². The van der Waals surface area contributed by atoms with Crippen molar-refractivity contribution in [2.45, 2.75) is 31.7 Å². The standard InChI is InChI=1S/C26H28N4O2/c31-25-12-9-22-19-28(17-14-24(22)29(25)18-13-20-5-2-1-3-6-20)26(32)21-7-10-23(11-8-21)30-16-4-15-27-30/h1-8,10-11,15-16,22,24H,9,12-14,17-19H2/t22-,24+/m0/s1. The highest BCUT2D eigenvalue weighted by Gasteiger charge is 2.40. The lowest BCUT2D eigenvalue weighted by molar-refractivity contribution is -0.140. The molecule has 2 amide bonds. The zero-order valence-corrected chi connectivity index (χ0v) is 18.1. The molecular weight excluding hydrogens is 400 g/mol. The Bertz CT molecular complexity index is 1060. The van der Waals surface area contributed by atoms with Crippen LogP contribution in [0.4, 0.5) is 0 Å². The number of aromatic nitrogens is 2. The van der Waals surface area contributed by atoms with Crippen LogP contribution in [0.15, 0.2) is 73.1 Å². The van der Waals surface area contributed by atoms with E-state index in [1.54, 1.807) is 10.9 Å². The van der Waals surface area contributed by atoms with Crippen LogP contribution in [0.25, 0.3) is 5.69 Å². The summed E-state index contributed by atoms with van der Waals surface area (Å²) in [5.41, 5.74) is 2.89. The molecule has 0 saturated carbocycles. The lowest BCUT2D eigenvalue weighted by atomic mass is 9.83. The number of nitrogens with zero attached hydrogens (tertiary/aromatic N) is 4. The zero-order valence-electron chi connectivity index (χ0n) is 18.1. The lowest BCUT2D eigenvalue weighted by Gasteiger charge is -2.47. The summed E-state index contributed by atoms with van der Waals surface area (Å²) in [6.45, 7) is 2.17. The summed E-state index contributed by atoms with van der Waals surface area (Å²) < 4.78 is 1.78. The summed E-state index contributed by atoms with van der Waals surface area (Å²) in [6, 6.07) is 20.1. The molecule has 32 heavy (non-hydrogen) atoms. The Labute approximate surface area is 188 Å². The molecule has 0 N–H and O–H groups in total. The van der Waals surface area contributed by atoms with Crippen LogP contribution in [0.3, 0.4) is 0 Å². The van der Waals surface area contributed by atoms with Crippen molar-refractivity contribution in [1.82, 2.24) is 19.6 Å². The summed E-state index contributed by atoms with van der Waals surface area (Å²) in [5.74, 6) is 0.684. The summed E-state index contributed by atoms with van der Waals surface area (Å²) in [7, 11) is 0. The molecule has 0 unspecified atom stereocenters. The van der Waals surface area contributed by atoms with Gasteiger partial charge in [0.2, 0.25) is 5.91 Å². The van der Waals surface area contributed by atoms with E-state index in [0.29, 0.717) is 24.4 Å². The summed E-state index contributed by atoms with van der Waals surface area (Å²) in [5, 5.41) is 4.23. The largest absolute Gasteiger partial charge is 0.339 e. The van der Waals surface area contributed by atoms with Crippen LogP contribution in [0.1, 0.15) is 35.2 Å². The monoisotopic (exact) mass is 428 g/mol. The van der Waals surface area contributed by atoms with Gasteiger partial charge in [-0.1, -0.05) is 30.3 Å². The van der Waals surface area contributed by atoms with Crippen LogP contribution < -0.4 is 0 Å². The summed E-state index contributed by atoms with van der Waals surface area (Å²) >= 11 is 0. The second kappa shape index (κ2) is 8.99. The van der Waals surface area contributed by atoms with Crippen molar-refractivity contribution >= 4 is 11.8 Å². The Morgan fingerprint density at radius 2 is 1.81 bits per heavy atom. The predicted molar refractivity (Wildman–Crippen MR) is 122 cm³/mol. The van der Waals surface area contributed by atoms with Crippen LogP contribution in [-0.2, 0) is 11.2 Å². The fourth-order valence-electron chi connectivity index (χ4n) is 5.08. The molecule has 6 nitrogen and oxygen atoms in total. The Hall–Kier alpha value is -3.41. The van der Waals surface area contributed by atoms with E-state index in [2.05, 4.69) is 22.1 Å². The number of hydrogen-bond acceptors (Lipinski definition) is 3. The molecule has 0 radical (unpaired) electrons. The van der Waals surface area contributed by atoms with E-state index < -0.39 is 0 Å². The molecule has 0 bridgehead atoms. The number of benzene rings is 2. The van der Waals surface area contributed by atoms with Gasteiger partial charge in [0.05, 0.1) is 5.69 Å². The Morgan fingerprint density at radius 3 is 2.56 bits per heavy atom. The van der Waals surface area contributed by atoms with Gasteiger partial charge in [-0.25, -0.2) is 4.68 Å². The molecule has 2 aromatic carbocycles. The smallest absolute Gasteiger partial charge is 0.253 e. The van der Waals surface area contributed by atoms with Gasteiger partial charge in [0.15, 0.2) is 0 Å². The first-order valence-corrected chi connectivity index (χ1v) is 11.4. The minimum Gasteiger partial charge on any atom is -0.339 e. The molecule has 2 saturated heterocycles. The molecule has 1 aromatic heterocycles. The third-order valence-corrected chi connectivity index (χ3v) is 6.80. The fraction of sp³-hybridized carbons (Fsp3) is 0.346. The maximum Gasteiger partial charge on any atom is 0.253 e. The molecule has 2 aliphatic rings. The number of carbonyl (C=O) groups is 2. The maximum absolute atomic E-state index is 13.2. The van der Waals surface area contributed by atoms with E-state index in [-0.39, 0.29) is 17.9 Å². The van der Waals surface area contributed by atoms with Crippen molar-refractivity contribution in [1.29, 1.82) is 0 Å². The van der Waals surface area contributed by atoms with Crippen molar-refractivity contribution in [2.75, 3.05) is 19.6 Å². The topological polar surface area (TPSA) is 58.4 Å². The van der Waals surface area contributed by atoms with E-state index in [9.17, 15) is 9.59 Å². The molecule has 3 aromatic rings. The van der Waals surface area contributed by atoms with Crippen molar-refractivity contribution in [3.63, 3.8) is 0 Å². The van der Waals surface area contributed by atoms with Crippen LogP contribution in [0, 0.1) is 5.92 Å². The minimum absolute atomic E-state index is 0.0724. The molecule has 5 rings (SSSR count). The number of amides is 2. The van der Waals surface area contributed by atoms with Gasteiger partial charge < -0.3 is 9.80 Å². The Balaban J connectivity index is 1.23. The molecule has 6 heteroatoms. The third-order valence-electron chi connectivity index (χ3n) is 6.80. The molecule has 2 aliphatic heterocycles. The molecule has 3 heterocycles. The van der Waals surface area contributed by atoms with Gasteiger partial charge in [0.1, 0.15) is 0 Å². The second-order valence-corrected chi connectivity index (χ2v) is 8.73. The summed E-state index contributed by atoms with van der Waals surface area (Å²) in [4.78, 5) is 29.9. The highest BCUT2D eigenvalue weighted by molar-refractivity contribution is 5.94. The summed E-state index contributed by atoms with van der Waals surface area (Å²) in [6.07, 6.45) is 6.80. The zero-order chi connectivity index (χ0) is 21.9. The van der Waals surface area contributed by atoms with Gasteiger partial charge in [0.25, 0.3) is 5.91 Å². The molecule has 2 atom stereocenters. The number of piperidine rings is 2. The molecule has 164 valence electrons. The van der Waals surface area contributed by atoms with Gasteiger partial charge in [-0.3, -0.25) is 9.59 Å². The molecular formula is C26H28N4O2. The van der Waals surface area contributed by atoms with Crippen LogP contribution in [0.2, 0.25) is 0 Å². The van der Waals surface area contributed by atoms with Crippen molar-refractivity contribution in [2.24, 2.45) is 5.92 Å². The molecule has 2 fully saturated rings. The molecule has 0 aliphatic carbocycles. The van der Waals surface area contributed by atoms with Gasteiger partial charge >= 0.3 is 0 Å². The first-order valence-electron chi connectivity index (χ1n) is 11.4. The lowest BCUT2D eigenvalue weighted by Crippen LogP contribution is -2.57.